The van der Waals surface area contributed by atoms with Crippen LogP contribution in [0, 0.1) is 0 Å². The Morgan fingerprint density at radius 2 is 0.762 bits per heavy atom. The maximum absolute atomic E-state index is 6.99. The standard InChI is InChI=1S/C80H49N3O/c1-3-15-50(16-4-1)54-29-31-58-45-61(36-33-56(58)43-54)81(71-27-13-21-52-19-7-9-23-64(52)71)63-38-39-68-77(48-63)84-76-42-35-60-47-75-70(49-69(60)78(68)76)66-40-41-74(79-67-25-11-12-26-73(67)83(75)80(66)79)82(72-28-14-22-53-20-8-10-24-65(53)72)62-37-34-57-44-55(30-32-59(57)46-62)51-17-5-2-6-18-51/h1-49H. The molecule has 3 aromatic heterocycles. The van der Waals surface area contributed by atoms with Crippen LogP contribution in [0.3, 0.4) is 0 Å². The van der Waals surface area contributed by atoms with E-state index in [4.69, 9.17) is 4.42 Å². The van der Waals surface area contributed by atoms with Gasteiger partial charge in [0.2, 0.25) is 0 Å². The van der Waals surface area contributed by atoms with Crippen LogP contribution in [0.2, 0.25) is 0 Å². The molecule has 0 N–H and O–H groups in total. The Bertz CT molecular complexity index is 5690. The molecule has 0 radical (unpaired) electrons. The van der Waals surface area contributed by atoms with Crippen molar-refractivity contribution in [2.24, 2.45) is 0 Å². The number of para-hydroxylation sites is 1. The molecule has 0 saturated heterocycles. The Morgan fingerprint density at radius 1 is 0.238 bits per heavy atom. The molecule has 0 unspecified atom stereocenters. The molecule has 390 valence electrons. The van der Waals surface area contributed by atoms with Crippen molar-refractivity contribution in [3.05, 3.63) is 297 Å². The van der Waals surface area contributed by atoms with Crippen LogP contribution in [-0.4, -0.2) is 4.40 Å². The first-order valence-corrected chi connectivity index (χ1v) is 28.9. The van der Waals surface area contributed by atoms with Crippen molar-refractivity contribution in [3.63, 3.8) is 0 Å². The van der Waals surface area contributed by atoms with E-state index in [0.717, 1.165) is 56.1 Å². The zero-order chi connectivity index (χ0) is 55.0. The third-order valence-electron chi connectivity index (χ3n) is 17.8. The number of aromatic nitrogens is 1. The van der Waals surface area contributed by atoms with Gasteiger partial charge in [-0.3, -0.25) is 0 Å². The highest BCUT2D eigenvalue weighted by molar-refractivity contribution is 6.30. The minimum atomic E-state index is 0.844. The number of hydrogen-bond donors (Lipinski definition) is 0. The lowest BCUT2D eigenvalue weighted by Crippen LogP contribution is -2.11. The number of furan rings is 1. The van der Waals surface area contributed by atoms with Crippen LogP contribution in [0.1, 0.15) is 0 Å². The monoisotopic (exact) mass is 1070 g/mol. The Labute approximate surface area is 483 Å². The smallest absolute Gasteiger partial charge is 0.137 e. The number of anilines is 6. The van der Waals surface area contributed by atoms with Gasteiger partial charge in [0.05, 0.1) is 33.6 Å². The lowest BCUT2D eigenvalue weighted by molar-refractivity contribution is 0.669. The number of rotatable bonds is 8. The first-order valence-electron chi connectivity index (χ1n) is 28.9. The van der Waals surface area contributed by atoms with Crippen LogP contribution in [0.4, 0.5) is 34.1 Å². The van der Waals surface area contributed by atoms with Gasteiger partial charge in [0, 0.05) is 66.2 Å². The van der Waals surface area contributed by atoms with Gasteiger partial charge in [0.1, 0.15) is 11.2 Å². The van der Waals surface area contributed by atoms with E-state index in [2.05, 4.69) is 311 Å². The lowest BCUT2D eigenvalue weighted by Gasteiger charge is -2.28. The van der Waals surface area contributed by atoms with Crippen LogP contribution >= 0.6 is 0 Å². The second-order valence-electron chi connectivity index (χ2n) is 22.4. The van der Waals surface area contributed by atoms with Crippen LogP contribution < -0.4 is 9.80 Å². The van der Waals surface area contributed by atoms with Gasteiger partial charge in [-0.1, -0.05) is 200 Å². The lowest BCUT2D eigenvalue weighted by atomic mass is 9.98. The van der Waals surface area contributed by atoms with Crippen molar-refractivity contribution in [2.45, 2.75) is 0 Å². The fourth-order valence-electron chi connectivity index (χ4n) is 13.9. The summed E-state index contributed by atoms with van der Waals surface area (Å²) in [6.07, 6.45) is 0. The van der Waals surface area contributed by atoms with Gasteiger partial charge in [0.15, 0.2) is 0 Å². The van der Waals surface area contributed by atoms with Gasteiger partial charge in [-0.25, -0.2) is 0 Å². The molecule has 0 amide bonds. The maximum atomic E-state index is 6.99. The van der Waals surface area contributed by atoms with Crippen molar-refractivity contribution < 1.29 is 4.42 Å². The Kier molecular flexibility index (Phi) is 10.1. The number of nitrogens with zero attached hydrogens (tertiary/aromatic N) is 3. The van der Waals surface area contributed by atoms with Gasteiger partial charge < -0.3 is 18.6 Å². The van der Waals surface area contributed by atoms with E-state index in [1.54, 1.807) is 0 Å². The molecule has 3 heterocycles. The highest BCUT2D eigenvalue weighted by Gasteiger charge is 2.27. The minimum Gasteiger partial charge on any atom is -0.456 e. The summed E-state index contributed by atoms with van der Waals surface area (Å²) in [5, 5.41) is 19.0. The van der Waals surface area contributed by atoms with E-state index in [1.807, 2.05) is 0 Å². The molecular formula is C80H49N3O. The van der Waals surface area contributed by atoms with Gasteiger partial charge in [-0.05, 0) is 156 Å². The first kappa shape index (κ1) is 46.5. The van der Waals surface area contributed by atoms with Gasteiger partial charge >= 0.3 is 0 Å². The molecule has 15 aromatic carbocycles. The summed E-state index contributed by atoms with van der Waals surface area (Å²) in [5.41, 5.74) is 16.7. The normalized spacial score (nSPS) is 12.0. The van der Waals surface area contributed by atoms with Crippen LogP contribution in [0.25, 0.3) is 136 Å². The molecule has 0 atom stereocenters. The van der Waals surface area contributed by atoms with E-state index in [0.29, 0.717) is 0 Å². The Hall–Kier alpha value is -11.2. The maximum Gasteiger partial charge on any atom is 0.137 e. The summed E-state index contributed by atoms with van der Waals surface area (Å²) in [6, 6.07) is 109. The Morgan fingerprint density at radius 3 is 1.44 bits per heavy atom. The number of benzene rings is 15. The molecular weight excluding hydrogens is 1020 g/mol. The average molecular weight is 1070 g/mol. The first-order chi connectivity index (χ1) is 41.6. The second-order valence-corrected chi connectivity index (χ2v) is 22.4. The predicted molar refractivity (Wildman–Crippen MR) is 356 cm³/mol. The zero-order valence-electron chi connectivity index (χ0n) is 45.5. The summed E-state index contributed by atoms with van der Waals surface area (Å²) in [5.74, 6) is 0. The van der Waals surface area contributed by atoms with Crippen molar-refractivity contribution in [2.75, 3.05) is 9.80 Å². The third-order valence-corrected chi connectivity index (χ3v) is 17.8. The molecule has 0 spiro atoms. The number of fused-ring (bicyclic) bond motifs is 15. The minimum absolute atomic E-state index is 0.844. The van der Waals surface area contributed by atoms with Gasteiger partial charge in [-0.2, -0.15) is 0 Å². The van der Waals surface area contributed by atoms with Crippen molar-refractivity contribution in [1.29, 1.82) is 0 Å². The van der Waals surface area contributed by atoms with E-state index < -0.39 is 0 Å². The van der Waals surface area contributed by atoms with Crippen LogP contribution in [0.5, 0.6) is 0 Å². The zero-order valence-corrected chi connectivity index (χ0v) is 45.5. The highest BCUT2D eigenvalue weighted by atomic mass is 16.3. The summed E-state index contributed by atoms with van der Waals surface area (Å²) in [7, 11) is 0. The molecule has 84 heavy (non-hydrogen) atoms. The third kappa shape index (κ3) is 7.08. The predicted octanol–water partition coefficient (Wildman–Crippen LogP) is 22.8. The molecule has 18 rings (SSSR count). The molecule has 0 aliphatic heterocycles. The van der Waals surface area contributed by atoms with Crippen LogP contribution in [0.15, 0.2) is 302 Å². The molecule has 18 aromatic rings. The quantitative estimate of drug-likeness (QED) is 0.152. The van der Waals surface area contributed by atoms with Crippen molar-refractivity contribution in [1.82, 2.24) is 4.40 Å². The van der Waals surface area contributed by atoms with Gasteiger partial charge in [0.25, 0.3) is 0 Å². The highest BCUT2D eigenvalue weighted by Crippen LogP contribution is 2.51. The summed E-state index contributed by atoms with van der Waals surface area (Å²) in [4.78, 5) is 4.89. The summed E-state index contributed by atoms with van der Waals surface area (Å²) in [6.45, 7) is 0. The fraction of sp³-hybridized carbons (Fsp3) is 0. The molecule has 0 bridgehead atoms. The van der Waals surface area contributed by atoms with Crippen molar-refractivity contribution in [3.8, 4) is 22.3 Å². The largest absolute Gasteiger partial charge is 0.456 e. The number of hydrogen-bond acceptors (Lipinski definition) is 3. The van der Waals surface area contributed by atoms with Gasteiger partial charge in [-0.15, -0.1) is 0 Å². The topological polar surface area (TPSA) is 24.0 Å². The van der Waals surface area contributed by atoms with Crippen molar-refractivity contribution >= 4 is 148 Å². The van der Waals surface area contributed by atoms with E-state index in [1.165, 1.54) is 114 Å². The average Bonchev–Trinajstić information content (AvgIpc) is 1.62. The molecule has 0 aliphatic carbocycles. The summed E-state index contributed by atoms with van der Waals surface area (Å²) < 4.78 is 9.51. The molecule has 0 fully saturated rings. The van der Waals surface area contributed by atoms with E-state index >= 15 is 0 Å². The SMILES string of the molecule is c1ccc(-c2ccc3cc(N(c4ccc5c(c4)oc4ccc6cc7c(cc6c45)c4ccc(N(c5ccc6cc(-c8ccccc8)ccc6c5)c5cccc6ccccc56)c5c6ccccc6n7c45)c4cccc5ccccc45)ccc3c2)cc1. The summed E-state index contributed by atoms with van der Waals surface area (Å²) >= 11 is 0. The molecule has 0 aliphatic rings. The Balaban J connectivity index is 0.814. The van der Waals surface area contributed by atoms with E-state index in [-0.39, 0.29) is 0 Å². The fourth-order valence-corrected chi connectivity index (χ4v) is 13.9. The van der Waals surface area contributed by atoms with Crippen LogP contribution in [-0.2, 0) is 0 Å². The van der Waals surface area contributed by atoms with E-state index in [9.17, 15) is 0 Å². The second kappa shape index (κ2) is 18.2. The molecule has 4 heteroatoms. The molecule has 4 nitrogen and oxygen atoms in total. The molecule has 0 saturated carbocycles.